The molecule has 0 fully saturated rings. The predicted octanol–water partition coefficient (Wildman–Crippen LogP) is 1.92. The van der Waals surface area contributed by atoms with Crippen LogP contribution >= 0.6 is 10.7 Å². The van der Waals surface area contributed by atoms with E-state index in [0.29, 0.717) is 0 Å². The van der Waals surface area contributed by atoms with Gasteiger partial charge in [-0.15, -0.1) is 0 Å². The van der Waals surface area contributed by atoms with Crippen LogP contribution in [0.25, 0.3) is 0 Å². The van der Waals surface area contributed by atoms with Crippen LogP contribution in [0.15, 0.2) is 17.0 Å². The van der Waals surface area contributed by atoms with E-state index < -0.39 is 43.7 Å². The van der Waals surface area contributed by atoms with E-state index in [2.05, 4.69) is 0 Å². The van der Waals surface area contributed by atoms with Crippen molar-refractivity contribution in [2.45, 2.75) is 17.9 Å². The van der Waals surface area contributed by atoms with Gasteiger partial charge in [0.05, 0.1) is 23.1 Å². The molecule has 1 rings (SSSR count). The zero-order chi connectivity index (χ0) is 13.2. The van der Waals surface area contributed by atoms with Gasteiger partial charge >= 0.3 is 0 Å². The molecule has 0 spiro atoms. The van der Waals surface area contributed by atoms with E-state index in [1.54, 1.807) is 0 Å². The van der Waals surface area contributed by atoms with Crippen molar-refractivity contribution >= 4 is 19.7 Å². The molecule has 0 aliphatic heterocycles. The summed E-state index contributed by atoms with van der Waals surface area (Å²) < 4.78 is 47.7. The molecular formula is C9H6ClF2NO3S. The molecule has 0 aromatic heterocycles. The van der Waals surface area contributed by atoms with Gasteiger partial charge in [-0.3, -0.25) is 0 Å². The SMILES string of the molecule is N#Cc1ccc(S(=O)(=O)Cl)c(CO)c1C(F)F. The van der Waals surface area contributed by atoms with Crippen molar-refractivity contribution in [3.63, 3.8) is 0 Å². The van der Waals surface area contributed by atoms with Crippen LogP contribution in [0.3, 0.4) is 0 Å². The highest BCUT2D eigenvalue weighted by Crippen LogP contribution is 2.32. The first-order chi connectivity index (χ1) is 7.82. The molecule has 17 heavy (non-hydrogen) atoms. The summed E-state index contributed by atoms with van der Waals surface area (Å²) in [5.41, 5.74) is -1.75. The van der Waals surface area contributed by atoms with Gasteiger partial charge < -0.3 is 5.11 Å². The molecule has 0 radical (unpaired) electrons. The molecule has 0 amide bonds. The van der Waals surface area contributed by atoms with Crippen molar-refractivity contribution < 1.29 is 22.3 Å². The molecule has 0 aliphatic rings. The van der Waals surface area contributed by atoms with Gasteiger partial charge in [-0.1, -0.05) is 0 Å². The minimum atomic E-state index is -4.26. The van der Waals surface area contributed by atoms with Gasteiger partial charge in [0, 0.05) is 21.8 Å². The summed E-state index contributed by atoms with van der Waals surface area (Å²) in [5, 5.41) is 17.6. The average molecular weight is 282 g/mol. The first-order valence-electron chi connectivity index (χ1n) is 4.22. The molecule has 1 aromatic rings. The van der Waals surface area contributed by atoms with Crippen molar-refractivity contribution in [1.82, 2.24) is 0 Å². The van der Waals surface area contributed by atoms with Gasteiger partial charge in [-0.05, 0) is 12.1 Å². The van der Waals surface area contributed by atoms with Crippen molar-refractivity contribution in [2.75, 3.05) is 0 Å². The molecule has 0 aliphatic carbocycles. The lowest BCUT2D eigenvalue weighted by molar-refractivity contribution is 0.146. The van der Waals surface area contributed by atoms with Crippen LogP contribution in [0.4, 0.5) is 8.78 Å². The van der Waals surface area contributed by atoms with E-state index in [4.69, 9.17) is 21.1 Å². The maximum atomic E-state index is 12.7. The second-order valence-corrected chi connectivity index (χ2v) is 5.55. The van der Waals surface area contributed by atoms with Gasteiger partial charge in [0.15, 0.2) is 0 Å². The summed E-state index contributed by atoms with van der Waals surface area (Å²) in [7, 11) is 0.791. The molecule has 0 saturated carbocycles. The summed E-state index contributed by atoms with van der Waals surface area (Å²) in [5.74, 6) is 0. The maximum Gasteiger partial charge on any atom is 0.265 e. The summed E-state index contributed by atoms with van der Waals surface area (Å²) in [6, 6.07) is 3.34. The quantitative estimate of drug-likeness (QED) is 0.859. The lowest BCUT2D eigenvalue weighted by atomic mass is 10.0. The Balaban J connectivity index is 3.72. The smallest absolute Gasteiger partial charge is 0.265 e. The van der Waals surface area contributed by atoms with E-state index in [-0.39, 0.29) is 0 Å². The predicted molar refractivity (Wildman–Crippen MR) is 55.1 cm³/mol. The first kappa shape index (κ1) is 13.8. The third kappa shape index (κ3) is 2.72. The number of aliphatic hydroxyl groups is 1. The Morgan fingerprint density at radius 1 is 1.47 bits per heavy atom. The van der Waals surface area contributed by atoms with Gasteiger partial charge in [0.2, 0.25) is 0 Å². The molecule has 1 N–H and O–H groups in total. The molecule has 0 heterocycles. The number of nitrogens with zero attached hydrogens (tertiary/aromatic N) is 1. The van der Waals surface area contributed by atoms with Crippen molar-refractivity contribution in [2.24, 2.45) is 0 Å². The molecule has 92 valence electrons. The number of halogens is 3. The van der Waals surface area contributed by atoms with Crippen molar-refractivity contribution in [3.05, 3.63) is 28.8 Å². The number of hydrogen-bond donors (Lipinski definition) is 1. The number of benzene rings is 1. The fourth-order valence-corrected chi connectivity index (χ4v) is 2.52. The van der Waals surface area contributed by atoms with Crippen LogP contribution in [0.5, 0.6) is 0 Å². The Hall–Kier alpha value is -1.23. The highest BCUT2D eigenvalue weighted by molar-refractivity contribution is 8.13. The lowest BCUT2D eigenvalue weighted by Gasteiger charge is -2.11. The molecular weight excluding hydrogens is 276 g/mol. The third-order valence-corrected chi connectivity index (χ3v) is 3.48. The van der Waals surface area contributed by atoms with E-state index in [1.807, 2.05) is 0 Å². The standard InChI is InChI=1S/C9H6ClF2NO3S/c10-17(15,16)7-2-1-5(3-13)8(9(11)12)6(7)4-14/h1-2,9,14H,4H2. The average Bonchev–Trinajstić information content (AvgIpc) is 2.25. The van der Waals surface area contributed by atoms with Gasteiger partial charge in [-0.25, -0.2) is 17.2 Å². The third-order valence-electron chi connectivity index (χ3n) is 2.07. The van der Waals surface area contributed by atoms with Crippen molar-refractivity contribution in [3.8, 4) is 6.07 Å². The summed E-state index contributed by atoms with van der Waals surface area (Å²) in [6.07, 6.45) is -3.08. The highest BCUT2D eigenvalue weighted by Gasteiger charge is 2.25. The summed E-state index contributed by atoms with van der Waals surface area (Å²) in [4.78, 5) is -0.615. The monoisotopic (exact) mass is 281 g/mol. The topological polar surface area (TPSA) is 78.2 Å². The van der Waals surface area contributed by atoms with Crippen LogP contribution in [0.1, 0.15) is 23.1 Å². The fraction of sp³-hybridized carbons (Fsp3) is 0.222. The largest absolute Gasteiger partial charge is 0.392 e. The number of hydrogen-bond acceptors (Lipinski definition) is 4. The van der Waals surface area contributed by atoms with Gasteiger partial charge in [-0.2, -0.15) is 5.26 Å². The van der Waals surface area contributed by atoms with Crippen LogP contribution in [-0.2, 0) is 15.7 Å². The van der Waals surface area contributed by atoms with Crippen LogP contribution in [0, 0.1) is 11.3 Å². The zero-order valence-electron chi connectivity index (χ0n) is 8.19. The van der Waals surface area contributed by atoms with E-state index in [9.17, 15) is 17.2 Å². The Morgan fingerprint density at radius 3 is 2.41 bits per heavy atom. The number of aliphatic hydroxyl groups excluding tert-OH is 1. The number of alkyl halides is 2. The van der Waals surface area contributed by atoms with Gasteiger partial charge in [0.25, 0.3) is 15.5 Å². The Labute approximate surface area is 100 Å². The second kappa shape index (κ2) is 4.96. The normalized spacial score (nSPS) is 11.5. The second-order valence-electron chi connectivity index (χ2n) is 3.01. The number of rotatable bonds is 3. The molecule has 0 unspecified atom stereocenters. The molecule has 8 heteroatoms. The minimum absolute atomic E-state index is 0.395. The summed E-state index contributed by atoms with van der Waals surface area (Å²) >= 11 is 0. The summed E-state index contributed by atoms with van der Waals surface area (Å²) in [6.45, 7) is -0.948. The Morgan fingerprint density at radius 2 is 2.06 bits per heavy atom. The van der Waals surface area contributed by atoms with E-state index in [0.717, 1.165) is 12.1 Å². The van der Waals surface area contributed by atoms with Crippen molar-refractivity contribution in [1.29, 1.82) is 5.26 Å². The van der Waals surface area contributed by atoms with E-state index >= 15 is 0 Å². The highest BCUT2D eigenvalue weighted by atomic mass is 35.7. The molecule has 1 aromatic carbocycles. The molecule has 0 saturated heterocycles. The van der Waals surface area contributed by atoms with E-state index in [1.165, 1.54) is 6.07 Å². The minimum Gasteiger partial charge on any atom is -0.392 e. The Kier molecular flexibility index (Phi) is 4.03. The fourth-order valence-electron chi connectivity index (χ4n) is 1.38. The van der Waals surface area contributed by atoms with Gasteiger partial charge in [0.1, 0.15) is 0 Å². The zero-order valence-corrected chi connectivity index (χ0v) is 9.76. The van der Waals surface area contributed by atoms with Crippen LogP contribution in [-0.4, -0.2) is 13.5 Å². The van der Waals surface area contributed by atoms with Crippen LogP contribution < -0.4 is 0 Å². The Bertz CT molecular complexity index is 581. The maximum absolute atomic E-state index is 12.7. The number of nitriles is 1. The van der Waals surface area contributed by atoms with Crippen LogP contribution in [0.2, 0.25) is 0 Å². The lowest BCUT2D eigenvalue weighted by Crippen LogP contribution is -2.06. The molecule has 0 atom stereocenters. The molecule has 4 nitrogen and oxygen atoms in total. The molecule has 0 bridgehead atoms. The first-order valence-corrected chi connectivity index (χ1v) is 6.53.